The number of aliphatic hydroxyl groups is 2. The zero-order valence-corrected chi connectivity index (χ0v) is 55.0. The molecule has 0 rings (SSSR count). The number of esters is 1. The highest BCUT2D eigenvalue weighted by molar-refractivity contribution is 5.76. The van der Waals surface area contributed by atoms with Crippen LogP contribution < -0.4 is 5.32 Å². The fourth-order valence-corrected chi connectivity index (χ4v) is 11.8. The summed E-state index contributed by atoms with van der Waals surface area (Å²) >= 11 is 0. The zero-order chi connectivity index (χ0) is 58.5. The van der Waals surface area contributed by atoms with Crippen LogP contribution in [-0.2, 0) is 14.3 Å². The number of hydrogen-bond acceptors (Lipinski definition) is 5. The van der Waals surface area contributed by atoms with Gasteiger partial charge in [0.15, 0.2) is 0 Å². The molecule has 81 heavy (non-hydrogen) atoms. The van der Waals surface area contributed by atoms with Crippen LogP contribution in [0.15, 0.2) is 24.3 Å². The summed E-state index contributed by atoms with van der Waals surface area (Å²) in [4.78, 5) is 24.6. The summed E-state index contributed by atoms with van der Waals surface area (Å²) in [5.74, 6) is -0.0172. The molecule has 0 saturated carbocycles. The van der Waals surface area contributed by atoms with Crippen LogP contribution in [-0.4, -0.2) is 47.4 Å². The molecule has 0 aliphatic rings. The molecule has 0 fully saturated rings. The van der Waals surface area contributed by atoms with Crippen LogP contribution in [0.5, 0.6) is 0 Å². The van der Waals surface area contributed by atoms with Gasteiger partial charge in [-0.2, -0.15) is 0 Å². The van der Waals surface area contributed by atoms with Gasteiger partial charge in [-0.3, -0.25) is 9.59 Å². The van der Waals surface area contributed by atoms with E-state index in [1.807, 2.05) is 0 Å². The van der Waals surface area contributed by atoms with E-state index in [9.17, 15) is 19.8 Å². The van der Waals surface area contributed by atoms with Gasteiger partial charge >= 0.3 is 5.97 Å². The van der Waals surface area contributed by atoms with E-state index in [0.717, 1.165) is 44.9 Å². The number of aliphatic hydroxyl groups excluding tert-OH is 2. The molecule has 0 aromatic carbocycles. The van der Waals surface area contributed by atoms with E-state index in [2.05, 4.69) is 43.5 Å². The summed E-state index contributed by atoms with van der Waals surface area (Å²) in [7, 11) is 0. The van der Waals surface area contributed by atoms with E-state index >= 15 is 0 Å². The minimum atomic E-state index is -0.662. The molecule has 0 heterocycles. The average Bonchev–Trinajstić information content (AvgIpc) is 3.47. The molecular weight excluding hydrogens is 995 g/mol. The second-order valence-corrected chi connectivity index (χ2v) is 25.6. The first-order valence-electron chi connectivity index (χ1n) is 37.1. The maximum atomic E-state index is 12.5. The van der Waals surface area contributed by atoms with Crippen molar-refractivity contribution in [1.82, 2.24) is 5.32 Å². The van der Waals surface area contributed by atoms with E-state index in [0.29, 0.717) is 25.9 Å². The number of nitrogens with one attached hydrogen (secondary N) is 1. The topological polar surface area (TPSA) is 95.9 Å². The molecule has 1 amide bonds. The van der Waals surface area contributed by atoms with E-state index in [-0.39, 0.29) is 18.5 Å². The molecule has 480 valence electrons. The Balaban J connectivity index is 3.34. The van der Waals surface area contributed by atoms with Gasteiger partial charge in [0, 0.05) is 12.8 Å². The van der Waals surface area contributed by atoms with E-state index in [1.165, 1.54) is 340 Å². The summed E-state index contributed by atoms with van der Waals surface area (Å²) in [5, 5.41) is 23.4. The smallest absolute Gasteiger partial charge is 0.305 e. The third-order valence-electron chi connectivity index (χ3n) is 17.5. The first-order chi connectivity index (χ1) is 40.0. The van der Waals surface area contributed by atoms with Crippen LogP contribution >= 0.6 is 0 Å². The van der Waals surface area contributed by atoms with Crippen molar-refractivity contribution in [1.29, 1.82) is 0 Å². The van der Waals surface area contributed by atoms with Crippen molar-refractivity contribution >= 4 is 11.9 Å². The van der Waals surface area contributed by atoms with Crippen molar-refractivity contribution in [2.75, 3.05) is 13.2 Å². The third kappa shape index (κ3) is 67.3. The van der Waals surface area contributed by atoms with Crippen molar-refractivity contribution in [2.45, 2.75) is 431 Å². The largest absolute Gasteiger partial charge is 0.466 e. The molecule has 0 aliphatic heterocycles. The Bertz CT molecular complexity index is 1270. The van der Waals surface area contributed by atoms with Crippen molar-refractivity contribution in [3.05, 3.63) is 24.3 Å². The summed E-state index contributed by atoms with van der Waals surface area (Å²) in [6.07, 6.45) is 89.6. The van der Waals surface area contributed by atoms with E-state index < -0.39 is 12.1 Å². The minimum absolute atomic E-state index is 0.0108. The Labute approximate surface area is 507 Å². The summed E-state index contributed by atoms with van der Waals surface area (Å²) in [6, 6.07) is -0.539. The fourth-order valence-electron chi connectivity index (χ4n) is 11.8. The molecule has 0 spiro atoms. The lowest BCUT2D eigenvalue weighted by atomic mass is 10.0. The maximum absolute atomic E-state index is 12.5. The highest BCUT2D eigenvalue weighted by Gasteiger charge is 2.20. The Hall–Kier alpha value is -1.66. The molecule has 0 saturated heterocycles. The zero-order valence-electron chi connectivity index (χ0n) is 55.0. The highest BCUT2D eigenvalue weighted by Crippen LogP contribution is 2.19. The number of unbranched alkanes of at least 4 members (excludes halogenated alkanes) is 55. The second-order valence-electron chi connectivity index (χ2n) is 25.6. The van der Waals surface area contributed by atoms with Gasteiger partial charge in [0.05, 0.1) is 25.4 Å². The summed E-state index contributed by atoms with van der Waals surface area (Å²) in [6.45, 7) is 4.98. The summed E-state index contributed by atoms with van der Waals surface area (Å²) in [5.41, 5.74) is 0. The molecule has 0 radical (unpaired) electrons. The molecule has 0 aromatic rings. The number of hydrogen-bond donors (Lipinski definition) is 3. The number of rotatable bonds is 70. The number of carbonyl (C=O) groups is 2. The SMILES string of the molecule is CCCCCCC/C=C\CCCCCCCC(=O)OCCCCCCCCCCCCCC/C=C\CCCCCCCCCCCCCCCCCCCC(=O)NC(CO)C(O)CCCCCCCCCCCCCCCCCCC. The first-order valence-corrected chi connectivity index (χ1v) is 37.1. The third-order valence-corrected chi connectivity index (χ3v) is 17.5. The van der Waals surface area contributed by atoms with Gasteiger partial charge in [-0.05, 0) is 77.0 Å². The molecule has 2 atom stereocenters. The highest BCUT2D eigenvalue weighted by atomic mass is 16.5. The van der Waals surface area contributed by atoms with Crippen molar-refractivity contribution < 1.29 is 24.5 Å². The molecular formula is C75H145NO5. The predicted octanol–water partition coefficient (Wildman–Crippen LogP) is 24.1. The molecule has 6 nitrogen and oxygen atoms in total. The number of carbonyl (C=O) groups excluding carboxylic acids is 2. The monoisotopic (exact) mass is 1140 g/mol. The van der Waals surface area contributed by atoms with Crippen LogP contribution in [0.4, 0.5) is 0 Å². The van der Waals surface area contributed by atoms with E-state index in [1.54, 1.807) is 0 Å². The normalized spacial score (nSPS) is 12.6. The average molecular weight is 1140 g/mol. The fraction of sp³-hybridized carbons (Fsp3) is 0.920. The van der Waals surface area contributed by atoms with Gasteiger partial charge in [-0.15, -0.1) is 0 Å². The lowest BCUT2D eigenvalue weighted by molar-refractivity contribution is -0.143. The maximum Gasteiger partial charge on any atom is 0.305 e. The molecule has 3 N–H and O–H groups in total. The van der Waals surface area contributed by atoms with Crippen LogP contribution in [0.25, 0.3) is 0 Å². The Morgan fingerprint density at radius 2 is 0.580 bits per heavy atom. The van der Waals surface area contributed by atoms with E-state index in [4.69, 9.17) is 4.74 Å². The molecule has 0 aliphatic carbocycles. The number of amides is 1. The lowest BCUT2D eigenvalue weighted by Crippen LogP contribution is -2.45. The Kier molecular flexibility index (Phi) is 69.4. The number of ether oxygens (including phenoxy) is 1. The van der Waals surface area contributed by atoms with Crippen molar-refractivity contribution in [2.24, 2.45) is 0 Å². The molecule has 2 unspecified atom stereocenters. The standard InChI is InChI=1S/C75H145NO5/c1-3-5-7-9-11-13-15-17-19-37-40-43-47-51-55-59-63-67-73(78)72(71-77)76-74(79)68-64-60-56-52-48-44-41-38-35-33-31-29-27-25-23-21-20-22-24-26-28-30-32-34-36-39-42-46-50-54-58-62-66-70-81-75(80)69-65-61-57-53-49-45-18-16-14-12-10-8-6-4-2/h16,18,24,26,72-73,77-78H,3-15,17,19-23,25,27-71H2,1-2H3,(H,76,79)/b18-16-,26-24-. The van der Waals surface area contributed by atoms with Gasteiger partial charge in [0.1, 0.15) is 0 Å². The minimum Gasteiger partial charge on any atom is -0.466 e. The van der Waals surface area contributed by atoms with Gasteiger partial charge in [-0.1, -0.05) is 353 Å². The Morgan fingerprint density at radius 3 is 0.877 bits per heavy atom. The first kappa shape index (κ1) is 79.3. The van der Waals surface area contributed by atoms with Gasteiger partial charge in [-0.25, -0.2) is 0 Å². The number of allylic oxidation sites excluding steroid dienone is 4. The van der Waals surface area contributed by atoms with Crippen LogP contribution in [0, 0.1) is 0 Å². The van der Waals surface area contributed by atoms with Gasteiger partial charge in [0.25, 0.3) is 0 Å². The van der Waals surface area contributed by atoms with Gasteiger partial charge < -0.3 is 20.3 Å². The van der Waals surface area contributed by atoms with Crippen LogP contribution in [0.2, 0.25) is 0 Å². The van der Waals surface area contributed by atoms with Crippen LogP contribution in [0.1, 0.15) is 418 Å². The van der Waals surface area contributed by atoms with Crippen molar-refractivity contribution in [3.8, 4) is 0 Å². The summed E-state index contributed by atoms with van der Waals surface area (Å²) < 4.78 is 5.49. The Morgan fingerprint density at radius 1 is 0.333 bits per heavy atom. The van der Waals surface area contributed by atoms with Crippen molar-refractivity contribution in [3.63, 3.8) is 0 Å². The quantitative estimate of drug-likeness (QED) is 0.0320. The second kappa shape index (κ2) is 70.8. The van der Waals surface area contributed by atoms with Crippen LogP contribution in [0.3, 0.4) is 0 Å². The molecule has 0 bridgehead atoms. The molecule has 0 aromatic heterocycles. The van der Waals surface area contributed by atoms with Gasteiger partial charge in [0.2, 0.25) is 5.91 Å². The molecule has 6 heteroatoms. The lowest BCUT2D eigenvalue weighted by Gasteiger charge is -2.22. The predicted molar refractivity (Wildman–Crippen MR) is 356 cm³/mol.